The molecule has 1 rings (SSSR count). The van der Waals surface area contributed by atoms with Crippen molar-refractivity contribution >= 4 is 10.0 Å². The van der Waals surface area contributed by atoms with Crippen molar-refractivity contribution in [2.24, 2.45) is 5.73 Å². The van der Waals surface area contributed by atoms with Gasteiger partial charge in [0, 0.05) is 37.3 Å². The van der Waals surface area contributed by atoms with Crippen molar-refractivity contribution in [3.63, 3.8) is 0 Å². The highest BCUT2D eigenvalue weighted by Gasteiger charge is 2.20. The molecular weight excluding hydrogens is 278 g/mol. The van der Waals surface area contributed by atoms with Crippen LogP contribution in [-0.4, -0.2) is 48.7 Å². The molecule has 116 valence electrons. The maximum atomic E-state index is 12.1. The van der Waals surface area contributed by atoms with Gasteiger partial charge in [-0.15, -0.1) is 0 Å². The first kappa shape index (κ1) is 17.1. The highest BCUT2D eigenvalue weighted by Crippen LogP contribution is 2.10. The second kappa shape index (κ2) is 7.16. The van der Waals surface area contributed by atoms with Crippen LogP contribution in [0.5, 0.6) is 0 Å². The van der Waals surface area contributed by atoms with E-state index in [9.17, 15) is 8.42 Å². The van der Waals surface area contributed by atoms with Gasteiger partial charge in [0.2, 0.25) is 0 Å². The van der Waals surface area contributed by atoms with Gasteiger partial charge in [-0.3, -0.25) is 10.00 Å². The molecule has 0 spiro atoms. The van der Waals surface area contributed by atoms with Gasteiger partial charge in [-0.1, -0.05) is 0 Å². The SMILES string of the molecule is CC(C)N(CCNS(=O)(=O)c1[nH]ncc1CN)C(C)C. The van der Waals surface area contributed by atoms with Crippen molar-refractivity contribution in [1.29, 1.82) is 0 Å². The van der Waals surface area contributed by atoms with Crippen LogP contribution in [0.25, 0.3) is 0 Å². The number of nitrogens with zero attached hydrogens (tertiary/aromatic N) is 2. The van der Waals surface area contributed by atoms with Gasteiger partial charge in [0.05, 0.1) is 6.20 Å². The van der Waals surface area contributed by atoms with Gasteiger partial charge in [0.1, 0.15) is 0 Å². The maximum Gasteiger partial charge on any atom is 0.257 e. The molecule has 0 radical (unpaired) electrons. The van der Waals surface area contributed by atoms with E-state index in [2.05, 4.69) is 47.5 Å². The Labute approximate surface area is 121 Å². The summed E-state index contributed by atoms with van der Waals surface area (Å²) < 4.78 is 26.9. The molecule has 0 unspecified atom stereocenters. The van der Waals surface area contributed by atoms with E-state index in [0.717, 1.165) is 0 Å². The smallest absolute Gasteiger partial charge is 0.257 e. The van der Waals surface area contributed by atoms with E-state index in [1.165, 1.54) is 6.20 Å². The third-order valence-corrected chi connectivity index (χ3v) is 4.63. The molecule has 4 N–H and O–H groups in total. The molecule has 0 aliphatic heterocycles. The number of nitrogens with two attached hydrogens (primary N) is 1. The standard InChI is InChI=1S/C12H25N5O2S/c1-9(2)17(10(3)4)6-5-15-20(18,19)12-11(7-13)8-14-16-12/h8-10,15H,5-7,13H2,1-4H3,(H,14,16). The van der Waals surface area contributed by atoms with Crippen LogP contribution in [0.4, 0.5) is 0 Å². The highest BCUT2D eigenvalue weighted by molar-refractivity contribution is 7.89. The van der Waals surface area contributed by atoms with Gasteiger partial charge in [0.15, 0.2) is 5.03 Å². The van der Waals surface area contributed by atoms with Gasteiger partial charge in [0.25, 0.3) is 10.0 Å². The summed E-state index contributed by atoms with van der Waals surface area (Å²) >= 11 is 0. The lowest BCUT2D eigenvalue weighted by molar-refractivity contribution is 0.179. The molecule has 20 heavy (non-hydrogen) atoms. The summed E-state index contributed by atoms with van der Waals surface area (Å²) in [5, 5.41) is 6.27. The molecule has 8 heteroatoms. The summed E-state index contributed by atoms with van der Waals surface area (Å²) in [4.78, 5) is 2.22. The molecule has 0 saturated carbocycles. The Balaban J connectivity index is 2.65. The molecule has 0 bridgehead atoms. The van der Waals surface area contributed by atoms with Gasteiger partial charge >= 0.3 is 0 Å². The number of nitrogens with one attached hydrogen (secondary N) is 2. The number of hydrogen-bond donors (Lipinski definition) is 3. The zero-order valence-electron chi connectivity index (χ0n) is 12.5. The van der Waals surface area contributed by atoms with Gasteiger partial charge in [-0.25, -0.2) is 13.1 Å². The normalized spacial score (nSPS) is 12.8. The van der Waals surface area contributed by atoms with E-state index in [0.29, 0.717) is 30.7 Å². The Kier molecular flexibility index (Phi) is 6.12. The molecule has 0 atom stereocenters. The van der Waals surface area contributed by atoms with Crippen molar-refractivity contribution in [3.8, 4) is 0 Å². The monoisotopic (exact) mass is 303 g/mol. The Hall–Kier alpha value is -0.960. The fraction of sp³-hybridized carbons (Fsp3) is 0.750. The fourth-order valence-corrected chi connectivity index (χ4v) is 3.33. The number of sulfonamides is 1. The zero-order valence-corrected chi connectivity index (χ0v) is 13.4. The van der Waals surface area contributed by atoms with Crippen LogP contribution in [0, 0.1) is 0 Å². The van der Waals surface area contributed by atoms with Gasteiger partial charge < -0.3 is 5.73 Å². The fourth-order valence-electron chi connectivity index (χ4n) is 2.17. The Bertz CT molecular complexity index is 502. The van der Waals surface area contributed by atoms with E-state index >= 15 is 0 Å². The number of aromatic amines is 1. The maximum absolute atomic E-state index is 12.1. The number of aromatic nitrogens is 2. The zero-order chi connectivity index (χ0) is 15.3. The van der Waals surface area contributed by atoms with E-state index < -0.39 is 10.0 Å². The topological polar surface area (TPSA) is 104 Å². The lowest BCUT2D eigenvalue weighted by atomic mass is 10.2. The molecule has 0 fully saturated rings. The van der Waals surface area contributed by atoms with Crippen molar-refractivity contribution in [3.05, 3.63) is 11.8 Å². The first-order chi connectivity index (χ1) is 9.29. The average molecular weight is 303 g/mol. The number of rotatable bonds is 8. The van der Waals surface area contributed by atoms with Gasteiger partial charge in [-0.2, -0.15) is 5.10 Å². The Morgan fingerprint density at radius 1 is 1.35 bits per heavy atom. The summed E-state index contributed by atoms with van der Waals surface area (Å²) in [6.45, 7) is 9.51. The van der Waals surface area contributed by atoms with Gasteiger partial charge in [-0.05, 0) is 27.7 Å². The van der Waals surface area contributed by atoms with E-state index in [1.54, 1.807) is 0 Å². The first-order valence-electron chi connectivity index (χ1n) is 6.77. The van der Waals surface area contributed by atoms with Crippen molar-refractivity contribution in [1.82, 2.24) is 19.8 Å². The summed E-state index contributed by atoms with van der Waals surface area (Å²) in [6.07, 6.45) is 1.43. The first-order valence-corrected chi connectivity index (χ1v) is 8.25. The van der Waals surface area contributed by atoms with Crippen molar-refractivity contribution in [2.75, 3.05) is 13.1 Å². The van der Waals surface area contributed by atoms with Crippen molar-refractivity contribution < 1.29 is 8.42 Å². The summed E-state index contributed by atoms with van der Waals surface area (Å²) in [7, 11) is -3.58. The van der Waals surface area contributed by atoms with Crippen LogP contribution < -0.4 is 10.5 Å². The molecule has 7 nitrogen and oxygen atoms in total. The van der Waals surface area contributed by atoms with Crippen LogP contribution in [0.15, 0.2) is 11.2 Å². The summed E-state index contributed by atoms with van der Waals surface area (Å²) in [5.41, 5.74) is 5.98. The third-order valence-electron chi connectivity index (χ3n) is 3.16. The molecule has 0 aliphatic rings. The molecule has 1 heterocycles. The van der Waals surface area contributed by atoms with E-state index in [4.69, 9.17) is 5.73 Å². The highest BCUT2D eigenvalue weighted by atomic mass is 32.2. The average Bonchev–Trinajstić information content (AvgIpc) is 2.82. The lowest BCUT2D eigenvalue weighted by Gasteiger charge is -2.30. The Morgan fingerprint density at radius 3 is 2.45 bits per heavy atom. The predicted octanol–water partition coefficient (Wildman–Crippen LogP) is 0.266. The minimum atomic E-state index is -3.58. The summed E-state index contributed by atoms with van der Waals surface area (Å²) in [6, 6.07) is 0.734. The number of hydrogen-bond acceptors (Lipinski definition) is 5. The molecule has 1 aromatic rings. The molecule has 0 aromatic carbocycles. The molecular formula is C12H25N5O2S. The molecule has 0 aliphatic carbocycles. The van der Waals surface area contributed by atoms with Crippen LogP contribution >= 0.6 is 0 Å². The lowest BCUT2D eigenvalue weighted by Crippen LogP contribution is -2.42. The Morgan fingerprint density at radius 2 is 1.95 bits per heavy atom. The van der Waals surface area contributed by atoms with Crippen LogP contribution in [0.2, 0.25) is 0 Å². The predicted molar refractivity (Wildman–Crippen MR) is 78.6 cm³/mol. The van der Waals surface area contributed by atoms with E-state index in [1.807, 2.05) is 0 Å². The molecule has 0 saturated heterocycles. The largest absolute Gasteiger partial charge is 0.326 e. The molecule has 0 amide bonds. The third kappa shape index (κ3) is 4.27. The van der Waals surface area contributed by atoms with Crippen molar-refractivity contribution in [2.45, 2.75) is 51.3 Å². The van der Waals surface area contributed by atoms with Crippen LogP contribution in [0.1, 0.15) is 33.3 Å². The van der Waals surface area contributed by atoms with Crippen LogP contribution in [0.3, 0.4) is 0 Å². The van der Waals surface area contributed by atoms with E-state index in [-0.39, 0.29) is 11.6 Å². The quantitative estimate of drug-likeness (QED) is 0.639. The second-order valence-electron chi connectivity index (χ2n) is 5.25. The minimum absolute atomic E-state index is 0.0562. The minimum Gasteiger partial charge on any atom is -0.326 e. The molecule has 1 aromatic heterocycles. The van der Waals surface area contributed by atoms with Crippen LogP contribution in [-0.2, 0) is 16.6 Å². The second-order valence-corrected chi connectivity index (χ2v) is 6.96. The summed E-state index contributed by atoms with van der Waals surface area (Å²) in [5.74, 6) is 0. The number of H-pyrrole nitrogens is 1.